The third-order valence-corrected chi connectivity index (χ3v) is 6.09. The molecule has 3 heteroatoms. The maximum absolute atomic E-state index is 6.27. The zero-order valence-corrected chi connectivity index (χ0v) is 14.6. The molecule has 0 aromatic heterocycles. The summed E-state index contributed by atoms with van der Waals surface area (Å²) in [5, 5.41) is 0. The number of rotatable bonds is 5. The Bertz CT molecular complexity index is 295. The van der Waals surface area contributed by atoms with Crippen LogP contribution in [0.5, 0.6) is 0 Å². The first-order valence-corrected chi connectivity index (χ1v) is 9.29. The number of nitrogens with two attached hydrogens (primary N) is 1. The molecular formula is C18H37N3. The van der Waals surface area contributed by atoms with Gasteiger partial charge >= 0.3 is 0 Å². The number of piperidine rings is 1. The Labute approximate surface area is 132 Å². The lowest BCUT2D eigenvalue weighted by Gasteiger charge is -2.48. The van der Waals surface area contributed by atoms with Gasteiger partial charge in [-0.05, 0) is 83.1 Å². The van der Waals surface area contributed by atoms with Gasteiger partial charge in [-0.2, -0.15) is 0 Å². The van der Waals surface area contributed by atoms with Gasteiger partial charge in [-0.15, -0.1) is 0 Å². The van der Waals surface area contributed by atoms with E-state index in [1.165, 1.54) is 71.2 Å². The molecule has 0 aliphatic carbocycles. The standard InChI is InChI=1S/C18H37N3/c1-4-10-20-13-8-18(15-19,9-14-20)21-11-5-6-17(7-12-21)16(2)3/h16-17H,4-15,19H2,1-3H3. The smallest absolute Gasteiger partial charge is 0.0356 e. The summed E-state index contributed by atoms with van der Waals surface area (Å²) in [6, 6.07) is 0. The summed E-state index contributed by atoms with van der Waals surface area (Å²) in [5.41, 5.74) is 6.58. The molecule has 2 aliphatic heterocycles. The molecule has 0 aromatic carbocycles. The Kier molecular flexibility index (Phi) is 6.51. The lowest BCUT2D eigenvalue weighted by Crippen LogP contribution is -2.59. The number of hydrogen-bond donors (Lipinski definition) is 1. The van der Waals surface area contributed by atoms with Crippen LogP contribution in [0.2, 0.25) is 0 Å². The van der Waals surface area contributed by atoms with Crippen molar-refractivity contribution in [2.45, 2.75) is 64.8 Å². The van der Waals surface area contributed by atoms with Crippen molar-refractivity contribution in [3.8, 4) is 0 Å². The first kappa shape index (κ1) is 17.2. The van der Waals surface area contributed by atoms with E-state index in [4.69, 9.17) is 5.73 Å². The van der Waals surface area contributed by atoms with E-state index in [1.807, 2.05) is 0 Å². The van der Waals surface area contributed by atoms with Crippen molar-refractivity contribution in [3.05, 3.63) is 0 Å². The summed E-state index contributed by atoms with van der Waals surface area (Å²) in [5.74, 6) is 1.76. The van der Waals surface area contributed by atoms with Crippen LogP contribution in [0, 0.1) is 11.8 Å². The van der Waals surface area contributed by atoms with Crippen LogP contribution in [0.1, 0.15) is 59.3 Å². The highest BCUT2D eigenvalue weighted by atomic mass is 15.2. The van der Waals surface area contributed by atoms with Gasteiger partial charge in [0.2, 0.25) is 0 Å². The van der Waals surface area contributed by atoms with Gasteiger partial charge in [-0.25, -0.2) is 0 Å². The largest absolute Gasteiger partial charge is 0.329 e. The summed E-state index contributed by atoms with van der Waals surface area (Å²) in [6.45, 7) is 14.2. The van der Waals surface area contributed by atoms with Gasteiger partial charge in [-0.3, -0.25) is 4.90 Å². The molecule has 0 aromatic rings. The average Bonchev–Trinajstić information content (AvgIpc) is 2.75. The molecule has 2 heterocycles. The predicted molar refractivity (Wildman–Crippen MR) is 91.5 cm³/mol. The number of hydrogen-bond acceptors (Lipinski definition) is 3. The van der Waals surface area contributed by atoms with Crippen LogP contribution in [-0.2, 0) is 0 Å². The molecule has 0 spiro atoms. The summed E-state index contributed by atoms with van der Waals surface area (Å²) in [4.78, 5) is 5.40. The van der Waals surface area contributed by atoms with E-state index in [-0.39, 0.29) is 0 Å². The minimum atomic E-state index is 0.302. The molecule has 1 unspecified atom stereocenters. The molecule has 2 aliphatic rings. The molecule has 2 saturated heterocycles. The number of nitrogens with zero attached hydrogens (tertiary/aromatic N) is 2. The fourth-order valence-electron chi connectivity index (χ4n) is 4.42. The Morgan fingerprint density at radius 2 is 1.81 bits per heavy atom. The summed E-state index contributed by atoms with van der Waals surface area (Å²) in [6.07, 6.45) is 7.97. The van der Waals surface area contributed by atoms with Gasteiger partial charge in [0, 0.05) is 12.1 Å². The molecule has 2 rings (SSSR count). The topological polar surface area (TPSA) is 32.5 Å². The molecule has 0 bridgehead atoms. The monoisotopic (exact) mass is 295 g/mol. The fourth-order valence-corrected chi connectivity index (χ4v) is 4.42. The Hall–Kier alpha value is -0.120. The summed E-state index contributed by atoms with van der Waals surface area (Å²) in [7, 11) is 0. The van der Waals surface area contributed by atoms with Gasteiger partial charge in [0.1, 0.15) is 0 Å². The third-order valence-electron chi connectivity index (χ3n) is 6.09. The molecule has 2 N–H and O–H groups in total. The molecule has 1 atom stereocenters. The van der Waals surface area contributed by atoms with Crippen LogP contribution >= 0.6 is 0 Å². The van der Waals surface area contributed by atoms with Gasteiger partial charge in [0.05, 0.1) is 0 Å². The van der Waals surface area contributed by atoms with E-state index in [0.29, 0.717) is 5.54 Å². The molecule has 3 nitrogen and oxygen atoms in total. The zero-order chi connectivity index (χ0) is 15.3. The summed E-state index contributed by atoms with van der Waals surface area (Å²) >= 11 is 0. The normalized spacial score (nSPS) is 28.7. The van der Waals surface area contributed by atoms with Crippen molar-refractivity contribution in [1.29, 1.82) is 0 Å². The molecule has 124 valence electrons. The van der Waals surface area contributed by atoms with Gasteiger partial charge in [0.15, 0.2) is 0 Å². The lowest BCUT2D eigenvalue weighted by molar-refractivity contribution is 0.0279. The van der Waals surface area contributed by atoms with Crippen molar-refractivity contribution in [3.63, 3.8) is 0 Å². The minimum absolute atomic E-state index is 0.302. The molecule has 0 radical (unpaired) electrons. The first-order chi connectivity index (χ1) is 10.1. The Morgan fingerprint density at radius 1 is 1.10 bits per heavy atom. The van der Waals surface area contributed by atoms with Crippen molar-refractivity contribution in [2.75, 3.05) is 39.3 Å². The van der Waals surface area contributed by atoms with Crippen LogP contribution in [0.25, 0.3) is 0 Å². The summed E-state index contributed by atoms with van der Waals surface area (Å²) < 4.78 is 0. The second-order valence-corrected chi connectivity index (χ2v) is 7.69. The molecule has 21 heavy (non-hydrogen) atoms. The third kappa shape index (κ3) is 4.20. The van der Waals surface area contributed by atoms with Crippen LogP contribution in [0.3, 0.4) is 0 Å². The van der Waals surface area contributed by atoms with Crippen LogP contribution in [0.15, 0.2) is 0 Å². The van der Waals surface area contributed by atoms with E-state index >= 15 is 0 Å². The predicted octanol–water partition coefficient (Wildman–Crippen LogP) is 2.95. The second-order valence-electron chi connectivity index (χ2n) is 7.69. The number of likely N-dealkylation sites (tertiary alicyclic amines) is 2. The van der Waals surface area contributed by atoms with Crippen LogP contribution < -0.4 is 5.73 Å². The molecule has 0 saturated carbocycles. The van der Waals surface area contributed by atoms with E-state index < -0.39 is 0 Å². The average molecular weight is 296 g/mol. The molecular weight excluding hydrogens is 258 g/mol. The van der Waals surface area contributed by atoms with Crippen molar-refractivity contribution in [1.82, 2.24) is 9.80 Å². The molecule has 2 fully saturated rings. The Balaban J connectivity index is 1.94. The Morgan fingerprint density at radius 3 is 2.38 bits per heavy atom. The highest BCUT2D eigenvalue weighted by molar-refractivity contribution is 4.97. The first-order valence-electron chi connectivity index (χ1n) is 9.29. The van der Waals surface area contributed by atoms with E-state index in [9.17, 15) is 0 Å². The van der Waals surface area contributed by atoms with Gasteiger partial charge in [-0.1, -0.05) is 20.8 Å². The maximum Gasteiger partial charge on any atom is 0.0356 e. The van der Waals surface area contributed by atoms with E-state index in [1.54, 1.807) is 0 Å². The zero-order valence-electron chi connectivity index (χ0n) is 14.6. The van der Waals surface area contributed by atoms with E-state index in [0.717, 1.165) is 18.4 Å². The van der Waals surface area contributed by atoms with Crippen molar-refractivity contribution < 1.29 is 0 Å². The van der Waals surface area contributed by atoms with Crippen LogP contribution in [0.4, 0.5) is 0 Å². The van der Waals surface area contributed by atoms with Gasteiger partial charge in [0.25, 0.3) is 0 Å². The minimum Gasteiger partial charge on any atom is -0.329 e. The van der Waals surface area contributed by atoms with Crippen molar-refractivity contribution >= 4 is 0 Å². The molecule has 0 amide bonds. The van der Waals surface area contributed by atoms with Gasteiger partial charge < -0.3 is 10.6 Å². The lowest BCUT2D eigenvalue weighted by atomic mass is 9.85. The van der Waals surface area contributed by atoms with Crippen molar-refractivity contribution in [2.24, 2.45) is 17.6 Å². The van der Waals surface area contributed by atoms with Crippen LogP contribution in [-0.4, -0.2) is 54.6 Å². The highest BCUT2D eigenvalue weighted by Crippen LogP contribution is 2.33. The quantitative estimate of drug-likeness (QED) is 0.846. The fraction of sp³-hybridized carbons (Fsp3) is 1.00. The maximum atomic E-state index is 6.27. The van der Waals surface area contributed by atoms with E-state index in [2.05, 4.69) is 30.6 Å². The second kappa shape index (κ2) is 7.94. The highest BCUT2D eigenvalue weighted by Gasteiger charge is 2.39. The SMILES string of the molecule is CCCN1CCC(CN)(N2CCCC(C(C)C)CC2)CC1.